The molecule has 2 unspecified atom stereocenters. The van der Waals surface area contributed by atoms with Gasteiger partial charge in [0.2, 0.25) is 0 Å². The highest BCUT2D eigenvalue weighted by Crippen LogP contribution is 2.38. The smallest absolute Gasteiger partial charge is 0.0945 e. The number of aliphatic hydroxyl groups excluding tert-OH is 1. The Morgan fingerprint density at radius 2 is 2.22 bits per heavy atom. The molecule has 1 fully saturated rings. The summed E-state index contributed by atoms with van der Waals surface area (Å²) in [7, 11) is 0. The van der Waals surface area contributed by atoms with E-state index in [1.165, 1.54) is 22.9 Å². The molecule has 3 heteroatoms. The van der Waals surface area contributed by atoms with Gasteiger partial charge in [-0.15, -0.1) is 11.3 Å². The molecule has 2 N–H and O–H groups in total. The first-order chi connectivity index (χ1) is 8.79. The Kier molecular flexibility index (Phi) is 3.37. The summed E-state index contributed by atoms with van der Waals surface area (Å²) in [6, 6.07) is 8.65. The molecule has 2 nitrogen and oxygen atoms in total. The van der Waals surface area contributed by atoms with Gasteiger partial charge >= 0.3 is 0 Å². The summed E-state index contributed by atoms with van der Waals surface area (Å²) >= 11 is 1.75. The third-order valence-corrected chi connectivity index (χ3v) is 4.63. The molecule has 2 atom stereocenters. The number of rotatable bonds is 5. The van der Waals surface area contributed by atoms with Gasteiger partial charge < -0.3 is 10.4 Å². The second kappa shape index (κ2) is 5.00. The van der Waals surface area contributed by atoms with E-state index < -0.39 is 0 Å². The maximum atomic E-state index is 10.6. The summed E-state index contributed by atoms with van der Waals surface area (Å²) < 4.78 is 1.29. The van der Waals surface area contributed by atoms with Crippen LogP contribution in [0, 0.1) is 5.92 Å². The fourth-order valence-corrected chi connectivity index (χ4v) is 3.37. The molecule has 0 bridgehead atoms. The molecule has 3 rings (SSSR count). The van der Waals surface area contributed by atoms with Crippen molar-refractivity contribution in [2.75, 3.05) is 6.54 Å². The van der Waals surface area contributed by atoms with E-state index in [0.717, 1.165) is 12.1 Å². The van der Waals surface area contributed by atoms with E-state index in [1.807, 2.05) is 0 Å². The molecule has 0 amide bonds. The molecule has 0 spiro atoms. The topological polar surface area (TPSA) is 32.3 Å². The molecule has 18 heavy (non-hydrogen) atoms. The van der Waals surface area contributed by atoms with Crippen molar-refractivity contribution in [2.45, 2.75) is 31.9 Å². The van der Waals surface area contributed by atoms with Gasteiger partial charge in [0, 0.05) is 10.7 Å². The average molecular weight is 261 g/mol. The monoisotopic (exact) mass is 261 g/mol. The number of fused-ring (bicyclic) bond motifs is 1. The molecular formula is C15H19NOS. The summed E-state index contributed by atoms with van der Waals surface area (Å²) in [4.78, 5) is 0. The SMILES string of the molecule is CCNC(C1CC1)C(O)c1ccc2sccc2c1. The normalized spacial score (nSPS) is 19.0. The third-order valence-electron chi connectivity index (χ3n) is 3.73. The predicted molar refractivity (Wildman–Crippen MR) is 77.0 cm³/mol. The second-order valence-electron chi connectivity index (χ2n) is 5.08. The predicted octanol–water partition coefficient (Wildman–Crippen LogP) is 3.32. The van der Waals surface area contributed by atoms with Crippen molar-refractivity contribution in [2.24, 2.45) is 5.92 Å². The fourth-order valence-electron chi connectivity index (χ4n) is 2.60. The van der Waals surface area contributed by atoms with E-state index in [9.17, 15) is 5.11 Å². The molecular weight excluding hydrogens is 242 g/mol. The maximum Gasteiger partial charge on any atom is 0.0945 e. The third kappa shape index (κ3) is 2.30. The first-order valence-corrected chi connectivity index (χ1v) is 7.56. The Labute approximate surface area is 112 Å². The van der Waals surface area contributed by atoms with Crippen LogP contribution >= 0.6 is 11.3 Å². The summed E-state index contributed by atoms with van der Waals surface area (Å²) in [6.07, 6.45) is 2.10. The van der Waals surface area contributed by atoms with Crippen molar-refractivity contribution in [3.05, 3.63) is 35.2 Å². The summed E-state index contributed by atoms with van der Waals surface area (Å²) in [6.45, 7) is 3.02. The van der Waals surface area contributed by atoms with Crippen LogP contribution in [-0.2, 0) is 0 Å². The quantitative estimate of drug-likeness (QED) is 0.865. The van der Waals surface area contributed by atoms with E-state index in [0.29, 0.717) is 5.92 Å². The highest BCUT2D eigenvalue weighted by atomic mass is 32.1. The first kappa shape index (κ1) is 12.2. The fraction of sp³-hybridized carbons (Fsp3) is 0.467. The standard InChI is InChI=1S/C15H19NOS/c1-2-16-14(10-3-4-10)15(17)12-5-6-13-11(9-12)7-8-18-13/h5-10,14-17H,2-4H2,1H3. The number of likely N-dealkylation sites (N-methyl/N-ethyl adjacent to an activating group) is 1. The number of hydrogen-bond acceptors (Lipinski definition) is 3. The van der Waals surface area contributed by atoms with Gasteiger partial charge in [0.25, 0.3) is 0 Å². The lowest BCUT2D eigenvalue weighted by atomic mass is 9.97. The maximum absolute atomic E-state index is 10.6. The van der Waals surface area contributed by atoms with Crippen LogP contribution in [0.5, 0.6) is 0 Å². The van der Waals surface area contributed by atoms with Gasteiger partial charge in [-0.25, -0.2) is 0 Å². The van der Waals surface area contributed by atoms with E-state index in [2.05, 4.69) is 41.9 Å². The number of nitrogens with one attached hydrogen (secondary N) is 1. The minimum absolute atomic E-state index is 0.214. The van der Waals surface area contributed by atoms with E-state index in [4.69, 9.17) is 0 Å². The summed E-state index contributed by atoms with van der Waals surface area (Å²) in [5, 5.41) is 17.3. The minimum atomic E-state index is -0.387. The lowest BCUT2D eigenvalue weighted by molar-refractivity contribution is 0.118. The van der Waals surface area contributed by atoms with Crippen LogP contribution in [0.4, 0.5) is 0 Å². The molecule has 0 saturated heterocycles. The largest absolute Gasteiger partial charge is 0.387 e. The van der Waals surface area contributed by atoms with Crippen LogP contribution in [0.2, 0.25) is 0 Å². The Bertz CT molecular complexity index is 532. The van der Waals surface area contributed by atoms with Gasteiger partial charge in [-0.3, -0.25) is 0 Å². The van der Waals surface area contributed by atoms with Crippen LogP contribution in [-0.4, -0.2) is 17.7 Å². The molecule has 1 aliphatic rings. The Morgan fingerprint density at radius 1 is 1.39 bits per heavy atom. The van der Waals surface area contributed by atoms with Crippen molar-refractivity contribution in [1.82, 2.24) is 5.32 Å². The van der Waals surface area contributed by atoms with Crippen molar-refractivity contribution < 1.29 is 5.11 Å². The molecule has 0 aliphatic heterocycles. The number of thiophene rings is 1. The van der Waals surface area contributed by atoms with Crippen LogP contribution in [0.1, 0.15) is 31.4 Å². The summed E-state index contributed by atoms with van der Waals surface area (Å²) in [5.41, 5.74) is 1.04. The molecule has 1 saturated carbocycles. The Morgan fingerprint density at radius 3 is 2.94 bits per heavy atom. The van der Waals surface area contributed by atoms with Crippen LogP contribution < -0.4 is 5.32 Å². The number of aliphatic hydroxyl groups is 1. The molecule has 1 aromatic heterocycles. The highest BCUT2D eigenvalue weighted by Gasteiger charge is 2.35. The van der Waals surface area contributed by atoms with Gasteiger partial charge in [0.05, 0.1) is 6.10 Å². The Hall–Kier alpha value is -0.900. The van der Waals surface area contributed by atoms with Gasteiger partial charge in [-0.1, -0.05) is 13.0 Å². The first-order valence-electron chi connectivity index (χ1n) is 6.68. The molecule has 1 aromatic carbocycles. The van der Waals surface area contributed by atoms with E-state index in [1.54, 1.807) is 11.3 Å². The van der Waals surface area contributed by atoms with E-state index in [-0.39, 0.29) is 12.1 Å². The lowest BCUT2D eigenvalue weighted by Gasteiger charge is -2.24. The zero-order chi connectivity index (χ0) is 12.5. The molecule has 1 heterocycles. The van der Waals surface area contributed by atoms with Crippen LogP contribution in [0.15, 0.2) is 29.6 Å². The van der Waals surface area contributed by atoms with Gasteiger partial charge in [-0.2, -0.15) is 0 Å². The minimum Gasteiger partial charge on any atom is -0.387 e. The Balaban J connectivity index is 1.86. The highest BCUT2D eigenvalue weighted by molar-refractivity contribution is 7.17. The van der Waals surface area contributed by atoms with Crippen molar-refractivity contribution >= 4 is 21.4 Å². The molecule has 0 radical (unpaired) electrons. The van der Waals surface area contributed by atoms with Crippen LogP contribution in [0.3, 0.4) is 0 Å². The average Bonchev–Trinajstić information content (AvgIpc) is 3.12. The summed E-state index contributed by atoms with van der Waals surface area (Å²) in [5.74, 6) is 0.651. The lowest BCUT2D eigenvalue weighted by Crippen LogP contribution is -2.36. The van der Waals surface area contributed by atoms with Crippen molar-refractivity contribution in [1.29, 1.82) is 0 Å². The second-order valence-corrected chi connectivity index (χ2v) is 6.03. The van der Waals surface area contributed by atoms with Gasteiger partial charge in [-0.05, 0) is 59.8 Å². The molecule has 96 valence electrons. The molecule has 2 aromatic rings. The van der Waals surface area contributed by atoms with Gasteiger partial charge in [0.1, 0.15) is 0 Å². The zero-order valence-corrected chi connectivity index (χ0v) is 11.4. The van der Waals surface area contributed by atoms with Crippen molar-refractivity contribution in [3.8, 4) is 0 Å². The number of benzene rings is 1. The van der Waals surface area contributed by atoms with Crippen LogP contribution in [0.25, 0.3) is 10.1 Å². The van der Waals surface area contributed by atoms with E-state index >= 15 is 0 Å². The van der Waals surface area contributed by atoms with Crippen molar-refractivity contribution in [3.63, 3.8) is 0 Å². The number of hydrogen-bond donors (Lipinski definition) is 2. The van der Waals surface area contributed by atoms with Gasteiger partial charge in [0.15, 0.2) is 0 Å². The zero-order valence-electron chi connectivity index (χ0n) is 10.6. The molecule has 1 aliphatic carbocycles.